The number of thioether (sulfide) groups is 1. The van der Waals surface area contributed by atoms with E-state index in [0.717, 1.165) is 10.5 Å². The minimum absolute atomic E-state index is 0.0136. The maximum Gasteiger partial charge on any atom is 0.407 e. The van der Waals surface area contributed by atoms with Crippen molar-refractivity contribution in [2.75, 3.05) is 18.9 Å². The van der Waals surface area contributed by atoms with Gasteiger partial charge in [-0.25, -0.2) is 4.79 Å². The maximum absolute atomic E-state index is 11.6. The smallest absolute Gasteiger partial charge is 0.407 e. The number of ether oxygens (including phenoxy) is 2. The van der Waals surface area contributed by atoms with E-state index in [1.165, 1.54) is 0 Å². The summed E-state index contributed by atoms with van der Waals surface area (Å²) in [7, 11) is -2.73. The maximum atomic E-state index is 11.6. The summed E-state index contributed by atoms with van der Waals surface area (Å²) in [5, 5.41) is 2.65. The van der Waals surface area contributed by atoms with Crippen LogP contribution in [0, 0.1) is 0 Å². The fourth-order valence-electron chi connectivity index (χ4n) is 2.97. The third kappa shape index (κ3) is 6.05. The second kappa shape index (κ2) is 8.87. The fraction of sp³-hybridized carbons (Fsp3) is 0.381. The highest BCUT2D eigenvalue weighted by Gasteiger charge is 2.35. The molecule has 0 bridgehead atoms. The van der Waals surface area contributed by atoms with E-state index in [-0.39, 0.29) is 5.25 Å². The molecule has 1 amide bonds. The summed E-state index contributed by atoms with van der Waals surface area (Å²) in [6.45, 7) is 6.10. The normalized spacial score (nSPS) is 18.6. The number of hydrogen-bond donors (Lipinski definition) is 3. The van der Waals surface area contributed by atoms with Gasteiger partial charge in [0, 0.05) is 4.90 Å². The Kier molecular flexibility index (Phi) is 6.68. The third-order valence-corrected chi connectivity index (χ3v) is 7.44. The van der Waals surface area contributed by atoms with Crippen LogP contribution in [0.4, 0.5) is 4.79 Å². The molecule has 6 nitrogen and oxygen atoms in total. The highest BCUT2D eigenvalue weighted by atomic mass is 32.3. The Morgan fingerprint density at radius 1 is 1.21 bits per heavy atom. The molecule has 1 aliphatic heterocycles. The summed E-state index contributed by atoms with van der Waals surface area (Å²) in [5.74, 6) is 1.01. The van der Waals surface area contributed by atoms with Crippen LogP contribution in [0.3, 0.4) is 0 Å². The van der Waals surface area contributed by atoms with Crippen LogP contribution >= 0.6 is 22.4 Å². The molecule has 0 aliphatic carbocycles. The molecular formula is C21H27NO5S2. The largest absolute Gasteiger partial charge is 0.492 e. The van der Waals surface area contributed by atoms with Crippen molar-refractivity contribution in [2.45, 2.75) is 41.4 Å². The summed E-state index contributed by atoms with van der Waals surface area (Å²) >= 11 is 1.59. The minimum atomic E-state index is -2.73. The van der Waals surface area contributed by atoms with Gasteiger partial charge in [0.05, 0.1) is 22.4 Å². The highest BCUT2D eigenvalue weighted by Crippen LogP contribution is 2.62. The summed E-state index contributed by atoms with van der Waals surface area (Å²) in [6, 6.07) is 15.2. The number of rotatable bonds is 6. The number of benzene rings is 2. The molecule has 0 spiro atoms. The van der Waals surface area contributed by atoms with Gasteiger partial charge in [0.2, 0.25) is 0 Å². The van der Waals surface area contributed by atoms with Crippen LogP contribution < -0.4 is 10.1 Å². The lowest BCUT2D eigenvalue weighted by Crippen LogP contribution is -2.34. The summed E-state index contributed by atoms with van der Waals surface area (Å²) in [4.78, 5) is 13.3. The molecule has 0 radical (unpaired) electrons. The van der Waals surface area contributed by atoms with Crippen molar-refractivity contribution in [1.82, 2.24) is 5.32 Å². The number of carbonyl (C=O) groups excluding carboxylic acids is 1. The first kappa shape index (κ1) is 21.8. The van der Waals surface area contributed by atoms with E-state index in [1.807, 2.05) is 63.2 Å². The number of carbonyl (C=O) groups is 1. The van der Waals surface area contributed by atoms with Crippen molar-refractivity contribution in [3.8, 4) is 5.75 Å². The number of hydrogen-bond acceptors (Lipinski definition) is 6. The van der Waals surface area contributed by atoms with E-state index in [9.17, 15) is 13.9 Å². The number of fused-ring (bicyclic) bond motifs is 1. The lowest BCUT2D eigenvalue weighted by atomic mass is 10.2. The van der Waals surface area contributed by atoms with Crippen molar-refractivity contribution in [2.24, 2.45) is 0 Å². The highest BCUT2D eigenvalue weighted by molar-refractivity contribution is 8.25. The van der Waals surface area contributed by atoms with E-state index in [2.05, 4.69) is 5.32 Å². The van der Waals surface area contributed by atoms with Crippen molar-refractivity contribution in [3.63, 3.8) is 0 Å². The van der Waals surface area contributed by atoms with Gasteiger partial charge >= 0.3 is 6.09 Å². The van der Waals surface area contributed by atoms with Crippen LogP contribution in [0.1, 0.15) is 31.6 Å². The monoisotopic (exact) mass is 437 g/mol. The van der Waals surface area contributed by atoms with Gasteiger partial charge in [-0.2, -0.15) is 10.6 Å². The molecule has 2 aromatic rings. The second-order valence-electron chi connectivity index (χ2n) is 7.73. The lowest BCUT2D eigenvalue weighted by molar-refractivity contribution is 0.0520. The molecule has 1 unspecified atom stereocenters. The van der Waals surface area contributed by atoms with Gasteiger partial charge in [0.25, 0.3) is 0 Å². The van der Waals surface area contributed by atoms with Gasteiger partial charge in [-0.1, -0.05) is 24.3 Å². The van der Waals surface area contributed by atoms with Gasteiger partial charge < -0.3 is 14.8 Å². The van der Waals surface area contributed by atoms with Crippen molar-refractivity contribution < 1.29 is 23.4 Å². The van der Waals surface area contributed by atoms with E-state index in [0.29, 0.717) is 29.5 Å². The van der Waals surface area contributed by atoms with Crippen molar-refractivity contribution in [1.29, 1.82) is 0 Å². The second-order valence-corrected chi connectivity index (χ2v) is 11.1. The van der Waals surface area contributed by atoms with Crippen LogP contribution in [0.15, 0.2) is 58.3 Å². The van der Waals surface area contributed by atoms with Gasteiger partial charge in [0.15, 0.2) is 0 Å². The van der Waals surface area contributed by atoms with Gasteiger partial charge in [-0.05, 0) is 50.6 Å². The molecular weight excluding hydrogens is 410 g/mol. The molecule has 1 atom stereocenters. The molecule has 1 heterocycles. The first-order valence-corrected chi connectivity index (χ1v) is 11.9. The molecule has 0 saturated heterocycles. The SMILES string of the molecule is CC(C)(C)OC(=O)NCCOc1cccc(SC2CS(O)(O)c3ccccc32)c1. The molecule has 3 N–H and O–H groups in total. The third-order valence-electron chi connectivity index (χ3n) is 4.12. The van der Waals surface area contributed by atoms with Gasteiger partial charge in [-0.15, -0.1) is 11.8 Å². The lowest BCUT2D eigenvalue weighted by Gasteiger charge is -2.27. The average Bonchev–Trinajstić information content (AvgIpc) is 2.88. The molecule has 1 aliphatic rings. The zero-order valence-electron chi connectivity index (χ0n) is 16.8. The van der Waals surface area contributed by atoms with Crippen LogP contribution in [-0.2, 0) is 4.74 Å². The number of amides is 1. The van der Waals surface area contributed by atoms with E-state index >= 15 is 0 Å². The first-order chi connectivity index (χ1) is 13.6. The van der Waals surface area contributed by atoms with Crippen LogP contribution in [-0.4, -0.2) is 39.7 Å². The quantitative estimate of drug-likeness (QED) is 0.514. The topological polar surface area (TPSA) is 88.0 Å². The zero-order chi connectivity index (χ0) is 21.1. The molecule has 3 rings (SSSR count). The van der Waals surface area contributed by atoms with E-state index in [1.54, 1.807) is 17.8 Å². The molecule has 0 saturated carbocycles. The predicted octanol–water partition coefficient (Wildman–Crippen LogP) is 5.55. The standard InChI is InChI=1S/C21H27NO5S2/c1-21(2,3)27-20(23)22-11-12-26-15-7-6-8-16(13-15)28-18-14-29(24,25)19-10-5-4-9-17(18)19/h4-10,13,18,24-25H,11-12,14H2,1-3H3,(H,22,23). The Morgan fingerprint density at radius 2 is 1.97 bits per heavy atom. The van der Waals surface area contributed by atoms with Crippen LogP contribution in [0.25, 0.3) is 0 Å². The molecule has 0 fully saturated rings. The molecule has 2 aromatic carbocycles. The Labute approximate surface area is 177 Å². The Balaban J connectivity index is 1.54. The average molecular weight is 438 g/mol. The van der Waals surface area contributed by atoms with Crippen LogP contribution in [0.5, 0.6) is 5.75 Å². The number of alkyl carbamates (subject to hydrolysis) is 1. The van der Waals surface area contributed by atoms with E-state index < -0.39 is 22.3 Å². The molecule has 0 aromatic heterocycles. The zero-order valence-corrected chi connectivity index (χ0v) is 18.4. The number of nitrogens with one attached hydrogen (secondary N) is 1. The Bertz CT molecular complexity index is 866. The summed E-state index contributed by atoms with van der Waals surface area (Å²) < 4.78 is 31.6. The first-order valence-electron chi connectivity index (χ1n) is 9.35. The molecule has 8 heteroatoms. The molecule has 158 valence electrons. The van der Waals surface area contributed by atoms with Crippen molar-refractivity contribution in [3.05, 3.63) is 54.1 Å². The van der Waals surface area contributed by atoms with Crippen molar-refractivity contribution >= 4 is 28.4 Å². The molecule has 29 heavy (non-hydrogen) atoms. The summed E-state index contributed by atoms with van der Waals surface area (Å²) in [6.07, 6.45) is -0.468. The summed E-state index contributed by atoms with van der Waals surface area (Å²) in [5.41, 5.74) is 0.447. The Hall–Kier alpha value is -1.87. The van der Waals surface area contributed by atoms with Gasteiger partial charge in [-0.3, -0.25) is 9.11 Å². The Morgan fingerprint density at radius 3 is 2.72 bits per heavy atom. The minimum Gasteiger partial charge on any atom is -0.492 e. The van der Waals surface area contributed by atoms with Gasteiger partial charge in [0.1, 0.15) is 18.0 Å². The predicted molar refractivity (Wildman–Crippen MR) is 117 cm³/mol. The van der Waals surface area contributed by atoms with E-state index in [4.69, 9.17) is 9.47 Å². The van der Waals surface area contributed by atoms with Crippen LogP contribution in [0.2, 0.25) is 0 Å². The fourth-order valence-corrected chi connectivity index (χ4v) is 6.55.